The summed E-state index contributed by atoms with van der Waals surface area (Å²) in [6.45, 7) is 4.77. The van der Waals surface area contributed by atoms with Gasteiger partial charge in [-0.3, -0.25) is 4.21 Å². The molecule has 2 N–H and O–H groups in total. The first-order valence-corrected chi connectivity index (χ1v) is 8.14. The summed E-state index contributed by atoms with van der Waals surface area (Å²) in [5.74, 6) is 1.33. The Balaban J connectivity index is 1.90. The van der Waals surface area contributed by atoms with E-state index < -0.39 is 16.9 Å². The van der Waals surface area contributed by atoms with Gasteiger partial charge in [0.15, 0.2) is 0 Å². The van der Waals surface area contributed by atoms with Crippen LogP contribution in [0.4, 0.5) is 0 Å². The Hall–Kier alpha value is -0.0100. The molecule has 0 aromatic carbocycles. The Kier molecular flexibility index (Phi) is 8.79. The molecule has 0 aromatic rings. The van der Waals surface area contributed by atoms with Crippen LogP contribution in [0.2, 0.25) is 0 Å². The summed E-state index contributed by atoms with van der Waals surface area (Å²) in [6.07, 6.45) is 1.85. The third-order valence-electron chi connectivity index (χ3n) is 2.85. The van der Waals surface area contributed by atoms with Gasteiger partial charge in [0.1, 0.15) is 0 Å². The maximum absolute atomic E-state index is 11.1. The third-order valence-corrected chi connectivity index (χ3v) is 4.15. The van der Waals surface area contributed by atoms with E-state index in [1.165, 1.54) is 0 Å². The zero-order valence-corrected chi connectivity index (χ0v) is 11.9. The molecule has 3 atom stereocenters. The number of nitrogens with one attached hydrogen (secondary N) is 1. The first kappa shape index (κ1) is 16.0. The summed E-state index contributed by atoms with van der Waals surface area (Å²) >= 11 is 0. The van der Waals surface area contributed by atoms with Crippen LogP contribution in [-0.4, -0.2) is 65.9 Å². The number of hydrogen-bond donors (Lipinski definition) is 2. The van der Waals surface area contributed by atoms with Crippen molar-refractivity contribution in [3.8, 4) is 0 Å². The van der Waals surface area contributed by atoms with Crippen LogP contribution < -0.4 is 5.32 Å². The molecule has 1 heterocycles. The number of rotatable bonds is 10. The van der Waals surface area contributed by atoms with E-state index in [-0.39, 0.29) is 6.10 Å². The van der Waals surface area contributed by atoms with Gasteiger partial charge in [-0.15, -0.1) is 0 Å². The lowest BCUT2D eigenvalue weighted by molar-refractivity contribution is -0.0162. The second kappa shape index (κ2) is 9.86. The standard InChI is InChI=1S/C12H25NO4S/c1-2-18(15)7-5-13-8-11(14)9-16-10-12-4-3-6-17-12/h11-14H,2-10H2,1H3. The fraction of sp³-hybridized carbons (Fsp3) is 1.00. The maximum atomic E-state index is 11.1. The van der Waals surface area contributed by atoms with Crippen LogP contribution in [0.25, 0.3) is 0 Å². The average Bonchev–Trinajstić information content (AvgIpc) is 2.87. The average molecular weight is 279 g/mol. The molecule has 6 heteroatoms. The van der Waals surface area contributed by atoms with Crippen molar-refractivity contribution < 1.29 is 18.8 Å². The van der Waals surface area contributed by atoms with Crippen molar-refractivity contribution in [1.82, 2.24) is 5.32 Å². The first-order valence-electron chi connectivity index (χ1n) is 6.65. The van der Waals surface area contributed by atoms with Gasteiger partial charge >= 0.3 is 0 Å². The van der Waals surface area contributed by atoms with E-state index in [9.17, 15) is 9.32 Å². The number of hydrogen-bond acceptors (Lipinski definition) is 5. The monoisotopic (exact) mass is 279 g/mol. The first-order chi connectivity index (χ1) is 8.72. The highest BCUT2D eigenvalue weighted by molar-refractivity contribution is 7.84. The molecule has 1 saturated heterocycles. The highest BCUT2D eigenvalue weighted by Gasteiger charge is 2.15. The normalized spacial score (nSPS) is 23.1. The van der Waals surface area contributed by atoms with Gasteiger partial charge < -0.3 is 19.9 Å². The van der Waals surface area contributed by atoms with Crippen LogP contribution in [0, 0.1) is 0 Å². The minimum absolute atomic E-state index is 0.206. The summed E-state index contributed by atoms with van der Waals surface area (Å²) in [5.41, 5.74) is 0. The van der Waals surface area contributed by atoms with E-state index in [4.69, 9.17) is 9.47 Å². The van der Waals surface area contributed by atoms with Crippen molar-refractivity contribution in [2.45, 2.75) is 32.0 Å². The molecule has 0 amide bonds. The van der Waals surface area contributed by atoms with Gasteiger partial charge in [0.05, 0.1) is 25.4 Å². The molecule has 0 aromatic heterocycles. The van der Waals surface area contributed by atoms with E-state index in [0.717, 1.165) is 19.4 Å². The summed E-state index contributed by atoms with van der Waals surface area (Å²) < 4.78 is 22.0. The lowest BCUT2D eigenvalue weighted by Gasteiger charge is -2.14. The van der Waals surface area contributed by atoms with Gasteiger partial charge in [-0.1, -0.05) is 6.92 Å². The molecule has 5 nitrogen and oxygen atoms in total. The fourth-order valence-corrected chi connectivity index (χ4v) is 2.43. The van der Waals surface area contributed by atoms with Crippen molar-refractivity contribution in [3.05, 3.63) is 0 Å². The summed E-state index contributed by atoms with van der Waals surface area (Å²) in [6, 6.07) is 0. The highest BCUT2D eigenvalue weighted by atomic mass is 32.2. The molecule has 1 rings (SSSR count). The van der Waals surface area contributed by atoms with Crippen molar-refractivity contribution in [3.63, 3.8) is 0 Å². The second-order valence-corrected chi connectivity index (χ2v) is 6.33. The molecule has 1 fully saturated rings. The molecule has 0 saturated carbocycles. The Labute approximate surface area is 112 Å². The topological polar surface area (TPSA) is 67.8 Å². The zero-order chi connectivity index (χ0) is 13.2. The van der Waals surface area contributed by atoms with Crippen molar-refractivity contribution >= 4 is 10.8 Å². The smallest absolute Gasteiger partial charge is 0.0897 e. The number of ether oxygens (including phenoxy) is 2. The van der Waals surface area contributed by atoms with Crippen molar-refractivity contribution in [1.29, 1.82) is 0 Å². The molecule has 18 heavy (non-hydrogen) atoms. The molecule has 0 radical (unpaired) electrons. The van der Waals surface area contributed by atoms with Crippen molar-refractivity contribution in [2.75, 3.05) is 44.4 Å². The van der Waals surface area contributed by atoms with E-state index in [1.54, 1.807) is 0 Å². The molecule has 0 bridgehead atoms. The molecule has 1 aliphatic heterocycles. The molecule has 1 aliphatic rings. The quantitative estimate of drug-likeness (QED) is 0.547. The molecular formula is C12H25NO4S. The SMILES string of the molecule is CCS(=O)CCNCC(O)COCC1CCCO1. The lowest BCUT2D eigenvalue weighted by atomic mass is 10.2. The minimum atomic E-state index is -0.741. The van der Waals surface area contributed by atoms with Crippen LogP contribution in [0.3, 0.4) is 0 Å². The highest BCUT2D eigenvalue weighted by Crippen LogP contribution is 2.11. The van der Waals surface area contributed by atoms with E-state index in [2.05, 4.69) is 5.32 Å². The van der Waals surface area contributed by atoms with Gasteiger partial charge in [-0.25, -0.2) is 0 Å². The Morgan fingerprint density at radius 2 is 2.44 bits per heavy atom. The third kappa shape index (κ3) is 7.43. The van der Waals surface area contributed by atoms with Crippen LogP contribution in [0.15, 0.2) is 0 Å². The fourth-order valence-electron chi connectivity index (χ4n) is 1.77. The molecule has 108 valence electrons. The minimum Gasteiger partial charge on any atom is -0.389 e. The predicted molar refractivity (Wildman–Crippen MR) is 72.2 cm³/mol. The molecular weight excluding hydrogens is 254 g/mol. The Morgan fingerprint density at radius 3 is 3.11 bits per heavy atom. The van der Waals surface area contributed by atoms with Crippen LogP contribution in [-0.2, 0) is 20.3 Å². The second-order valence-electron chi connectivity index (χ2n) is 4.46. The van der Waals surface area contributed by atoms with Crippen LogP contribution >= 0.6 is 0 Å². The Bertz CT molecular complexity index is 234. The summed E-state index contributed by atoms with van der Waals surface area (Å²) in [7, 11) is -0.741. The van der Waals surface area contributed by atoms with Crippen LogP contribution in [0.5, 0.6) is 0 Å². The van der Waals surface area contributed by atoms with Gasteiger partial charge in [0, 0.05) is 42.0 Å². The van der Waals surface area contributed by atoms with E-state index >= 15 is 0 Å². The van der Waals surface area contributed by atoms with E-state index in [1.807, 2.05) is 6.92 Å². The zero-order valence-electron chi connectivity index (χ0n) is 11.1. The molecule has 0 spiro atoms. The van der Waals surface area contributed by atoms with Gasteiger partial charge in [-0.2, -0.15) is 0 Å². The summed E-state index contributed by atoms with van der Waals surface area (Å²) in [5, 5.41) is 12.7. The van der Waals surface area contributed by atoms with Gasteiger partial charge in [0.2, 0.25) is 0 Å². The predicted octanol–water partition coefficient (Wildman–Crippen LogP) is -0.0989. The largest absolute Gasteiger partial charge is 0.389 e. The van der Waals surface area contributed by atoms with Gasteiger partial charge in [0.25, 0.3) is 0 Å². The van der Waals surface area contributed by atoms with Crippen LogP contribution in [0.1, 0.15) is 19.8 Å². The lowest BCUT2D eigenvalue weighted by Crippen LogP contribution is -2.33. The van der Waals surface area contributed by atoms with Gasteiger partial charge in [-0.05, 0) is 12.8 Å². The summed E-state index contributed by atoms with van der Waals surface area (Å²) in [4.78, 5) is 0. The molecule has 3 unspecified atom stereocenters. The number of aliphatic hydroxyl groups is 1. The Morgan fingerprint density at radius 1 is 1.61 bits per heavy atom. The van der Waals surface area contributed by atoms with Crippen molar-refractivity contribution in [2.24, 2.45) is 0 Å². The molecule has 0 aliphatic carbocycles. The number of aliphatic hydroxyl groups excluding tert-OH is 1. The van der Waals surface area contributed by atoms with E-state index in [0.29, 0.717) is 37.8 Å². The maximum Gasteiger partial charge on any atom is 0.0897 e.